The van der Waals surface area contributed by atoms with Crippen LogP contribution in [0.2, 0.25) is 0 Å². The van der Waals surface area contributed by atoms with Crippen LogP contribution in [0.15, 0.2) is 198 Å². The van der Waals surface area contributed by atoms with E-state index in [1.54, 1.807) is 0 Å². The molecular formula is C52H31N3S2. The second-order valence-electron chi connectivity index (χ2n) is 14.7. The van der Waals surface area contributed by atoms with Crippen molar-refractivity contribution in [2.24, 2.45) is 0 Å². The first kappa shape index (κ1) is 32.6. The van der Waals surface area contributed by atoms with Crippen molar-refractivity contribution in [1.82, 2.24) is 15.0 Å². The Labute approximate surface area is 338 Å². The van der Waals surface area contributed by atoms with E-state index in [0.717, 1.165) is 27.8 Å². The van der Waals surface area contributed by atoms with E-state index in [4.69, 9.17) is 15.0 Å². The highest BCUT2D eigenvalue weighted by atomic mass is 32.2. The fraction of sp³-hybridized carbons (Fsp3) is 0.0192. The van der Waals surface area contributed by atoms with E-state index < -0.39 is 5.41 Å². The summed E-state index contributed by atoms with van der Waals surface area (Å²) < 4.78 is 2.65. The highest BCUT2D eigenvalue weighted by Crippen LogP contribution is 2.64. The van der Waals surface area contributed by atoms with Crippen LogP contribution < -0.4 is 0 Å². The summed E-state index contributed by atoms with van der Waals surface area (Å²) in [6.45, 7) is 0. The van der Waals surface area contributed by atoms with Crippen LogP contribution in [-0.2, 0) is 5.41 Å². The van der Waals surface area contributed by atoms with Crippen molar-refractivity contribution in [3.63, 3.8) is 0 Å². The van der Waals surface area contributed by atoms with Gasteiger partial charge in [0.1, 0.15) is 0 Å². The van der Waals surface area contributed by atoms with Crippen LogP contribution in [0.5, 0.6) is 0 Å². The number of aromatic nitrogens is 3. The molecule has 0 saturated heterocycles. The molecule has 1 aliphatic heterocycles. The predicted octanol–water partition coefficient (Wildman–Crippen LogP) is 13.7. The number of fused-ring (bicyclic) bond motifs is 13. The minimum Gasteiger partial charge on any atom is -0.208 e. The Kier molecular flexibility index (Phi) is 7.25. The lowest BCUT2D eigenvalue weighted by Crippen LogP contribution is -2.32. The zero-order valence-corrected chi connectivity index (χ0v) is 32.2. The van der Waals surface area contributed by atoms with Gasteiger partial charge in [0.05, 0.1) is 5.41 Å². The summed E-state index contributed by atoms with van der Waals surface area (Å²) in [5, 5.41) is 2.69. The van der Waals surface area contributed by atoms with E-state index in [1.165, 1.54) is 63.3 Å². The highest BCUT2D eigenvalue weighted by Gasteiger charge is 2.51. The molecule has 10 aromatic rings. The molecule has 3 heterocycles. The number of hydrogen-bond acceptors (Lipinski definition) is 5. The lowest BCUT2D eigenvalue weighted by molar-refractivity contribution is 0.723. The Bertz CT molecular complexity index is 3170. The number of benzene rings is 8. The minimum atomic E-state index is -0.489. The maximum Gasteiger partial charge on any atom is 0.164 e. The van der Waals surface area contributed by atoms with Gasteiger partial charge in [0.15, 0.2) is 17.5 Å². The monoisotopic (exact) mass is 761 g/mol. The van der Waals surface area contributed by atoms with Crippen molar-refractivity contribution in [2.45, 2.75) is 15.2 Å². The van der Waals surface area contributed by atoms with Gasteiger partial charge in [-0.3, -0.25) is 0 Å². The van der Waals surface area contributed by atoms with E-state index in [0.29, 0.717) is 17.5 Å². The second-order valence-corrected chi connectivity index (χ2v) is 16.9. The van der Waals surface area contributed by atoms with Gasteiger partial charge in [-0.2, -0.15) is 0 Å². The summed E-state index contributed by atoms with van der Waals surface area (Å²) in [7, 11) is 0. The largest absolute Gasteiger partial charge is 0.208 e. The molecule has 0 bridgehead atoms. The van der Waals surface area contributed by atoms with Crippen molar-refractivity contribution < 1.29 is 0 Å². The van der Waals surface area contributed by atoms with Crippen LogP contribution in [0.3, 0.4) is 0 Å². The molecule has 266 valence electrons. The van der Waals surface area contributed by atoms with Crippen molar-refractivity contribution in [2.75, 3.05) is 0 Å². The molecule has 1 aliphatic carbocycles. The Balaban J connectivity index is 1.07. The SMILES string of the molecule is c1ccc(-c2nc(-c3ccccc3)nc(-c3cccc(-c4ccc5c(c4)C4(c6ccccc6S5)c5ccccc5-c5c4ccc4sc6ccccc6c54)c3)n2)cc1. The minimum absolute atomic E-state index is 0.489. The summed E-state index contributed by atoms with van der Waals surface area (Å²) >= 11 is 3.77. The molecule has 0 saturated carbocycles. The van der Waals surface area contributed by atoms with Crippen LogP contribution in [0.25, 0.3) is 76.6 Å². The van der Waals surface area contributed by atoms with Gasteiger partial charge >= 0.3 is 0 Å². The van der Waals surface area contributed by atoms with E-state index >= 15 is 0 Å². The summed E-state index contributed by atoms with van der Waals surface area (Å²) in [4.78, 5) is 17.6. The van der Waals surface area contributed by atoms with Crippen LogP contribution >= 0.6 is 23.1 Å². The fourth-order valence-corrected chi connectivity index (χ4v) is 11.4. The molecule has 1 spiro atoms. The maximum absolute atomic E-state index is 5.05. The molecule has 57 heavy (non-hydrogen) atoms. The Hall–Kier alpha value is -6.66. The van der Waals surface area contributed by atoms with Crippen LogP contribution in [-0.4, -0.2) is 15.0 Å². The van der Waals surface area contributed by atoms with Crippen molar-refractivity contribution in [3.8, 4) is 56.4 Å². The number of nitrogens with zero attached hydrogens (tertiary/aromatic N) is 3. The normalized spacial score (nSPS) is 15.0. The molecule has 0 fully saturated rings. The molecule has 8 aromatic carbocycles. The van der Waals surface area contributed by atoms with E-state index in [1.807, 2.05) is 59.5 Å². The average Bonchev–Trinajstić information content (AvgIpc) is 3.81. The van der Waals surface area contributed by atoms with Gasteiger partial charge in [0.2, 0.25) is 0 Å². The summed E-state index contributed by atoms with van der Waals surface area (Å²) in [6.07, 6.45) is 0. The molecule has 3 nitrogen and oxygen atoms in total. The Morgan fingerprint density at radius 3 is 1.75 bits per heavy atom. The molecule has 1 atom stereocenters. The number of thiophene rings is 1. The lowest BCUT2D eigenvalue weighted by atomic mass is 9.67. The molecule has 12 rings (SSSR count). The summed E-state index contributed by atoms with van der Waals surface area (Å²) in [5.41, 5.74) is 12.7. The van der Waals surface area contributed by atoms with Gasteiger partial charge in [-0.1, -0.05) is 163 Å². The molecule has 2 aromatic heterocycles. The Morgan fingerprint density at radius 2 is 0.965 bits per heavy atom. The lowest BCUT2D eigenvalue weighted by Gasteiger charge is -2.40. The quantitative estimate of drug-likeness (QED) is 0.179. The molecule has 0 N–H and O–H groups in total. The van der Waals surface area contributed by atoms with Gasteiger partial charge in [0.25, 0.3) is 0 Å². The average molecular weight is 762 g/mol. The van der Waals surface area contributed by atoms with Gasteiger partial charge in [-0.25, -0.2) is 15.0 Å². The topological polar surface area (TPSA) is 38.7 Å². The van der Waals surface area contributed by atoms with Gasteiger partial charge in [0, 0.05) is 46.7 Å². The summed E-state index contributed by atoms with van der Waals surface area (Å²) in [5.74, 6) is 1.96. The zero-order chi connectivity index (χ0) is 37.5. The third-order valence-electron chi connectivity index (χ3n) is 11.6. The Morgan fingerprint density at radius 1 is 0.368 bits per heavy atom. The molecule has 0 amide bonds. The van der Waals surface area contributed by atoms with Crippen molar-refractivity contribution >= 4 is 43.3 Å². The van der Waals surface area contributed by atoms with Gasteiger partial charge in [-0.05, 0) is 80.9 Å². The van der Waals surface area contributed by atoms with Crippen molar-refractivity contribution in [3.05, 3.63) is 210 Å². The first-order valence-corrected chi connectivity index (χ1v) is 20.8. The maximum atomic E-state index is 5.05. The van der Waals surface area contributed by atoms with Crippen LogP contribution in [0.4, 0.5) is 0 Å². The van der Waals surface area contributed by atoms with E-state index in [9.17, 15) is 0 Å². The molecule has 2 aliphatic rings. The first-order chi connectivity index (χ1) is 28.2. The van der Waals surface area contributed by atoms with Crippen molar-refractivity contribution in [1.29, 1.82) is 0 Å². The molecule has 5 heteroatoms. The third-order valence-corrected chi connectivity index (χ3v) is 13.9. The van der Waals surface area contributed by atoms with Crippen LogP contribution in [0, 0.1) is 0 Å². The zero-order valence-electron chi connectivity index (χ0n) is 30.6. The predicted molar refractivity (Wildman–Crippen MR) is 236 cm³/mol. The summed E-state index contributed by atoms with van der Waals surface area (Å²) in [6, 6.07) is 67.9. The molecular weight excluding hydrogens is 731 g/mol. The molecule has 1 unspecified atom stereocenters. The standard InChI is InChI=1S/C52H31N3S2/c1-3-14-32(15-4-1)49-53-50(33-16-5-2-6-17-33)55-51(54-49)36-19-13-18-34(30-36)35-26-28-45-42(31-35)52(40-23-10-12-25-44(40)57-45)39-22-9-7-20-37(39)47-41(52)27-29-46-48(47)38-21-8-11-24-43(38)56-46/h1-31H. The molecule has 0 radical (unpaired) electrons. The van der Waals surface area contributed by atoms with E-state index in [-0.39, 0.29) is 0 Å². The second kappa shape index (κ2) is 12.7. The van der Waals surface area contributed by atoms with E-state index in [2.05, 4.69) is 152 Å². The fourth-order valence-electron chi connectivity index (χ4n) is 9.16. The van der Waals surface area contributed by atoms with Gasteiger partial charge < -0.3 is 0 Å². The number of hydrogen-bond donors (Lipinski definition) is 0. The van der Waals surface area contributed by atoms with Gasteiger partial charge in [-0.15, -0.1) is 11.3 Å². The number of rotatable bonds is 4. The van der Waals surface area contributed by atoms with Crippen LogP contribution in [0.1, 0.15) is 22.3 Å². The first-order valence-electron chi connectivity index (χ1n) is 19.2. The third kappa shape index (κ3) is 4.89. The highest BCUT2D eigenvalue weighted by molar-refractivity contribution is 7.99. The smallest absolute Gasteiger partial charge is 0.164 e.